The predicted octanol–water partition coefficient (Wildman–Crippen LogP) is 0.712. The standard InChI is InChI=1S/C13H11F2N3O4/c14-7-1-2-9(8(15)5-7)16-12(20)6-22-13(21)10-3-4-11(19)18-17-10/h1-2,5H,3-4,6H2,(H,16,20)(H,18,19). The van der Waals surface area contributed by atoms with Crippen molar-refractivity contribution in [2.45, 2.75) is 12.8 Å². The normalized spacial score (nSPS) is 13.9. The molecule has 2 amide bonds. The summed E-state index contributed by atoms with van der Waals surface area (Å²) in [5, 5.41) is 5.64. The largest absolute Gasteiger partial charge is 0.451 e. The summed E-state index contributed by atoms with van der Waals surface area (Å²) >= 11 is 0. The molecule has 1 aromatic rings. The lowest BCUT2D eigenvalue weighted by atomic mass is 10.2. The van der Waals surface area contributed by atoms with Gasteiger partial charge in [0.2, 0.25) is 5.91 Å². The highest BCUT2D eigenvalue weighted by Gasteiger charge is 2.20. The molecular weight excluding hydrogens is 300 g/mol. The van der Waals surface area contributed by atoms with Gasteiger partial charge in [0, 0.05) is 18.9 Å². The third-order valence-corrected chi connectivity index (χ3v) is 2.68. The number of nitrogens with one attached hydrogen (secondary N) is 2. The van der Waals surface area contributed by atoms with Gasteiger partial charge >= 0.3 is 5.97 Å². The van der Waals surface area contributed by atoms with Crippen molar-refractivity contribution in [1.29, 1.82) is 0 Å². The molecule has 2 rings (SSSR count). The number of anilines is 1. The maximum Gasteiger partial charge on any atom is 0.355 e. The van der Waals surface area contributed by atoms with Crippen LogP contribution in [0.1, 0.15) is 12.8 Å². The molecule has 0 unspecified atom stereocenters. The van der Waals surface area contributed by atoms with Crippen molar-refractivity contribution in [3.63, 3.8) is 0 Å². The van der Waals surface area contributed by atoms with Crippen LogP contribution in [0.15, 0.2) is 23.3 Å². The number of amides is 2. The van der Waals surface area contributed by atoms with Gasteiger partial charge in [-0.2, -0.15) is 5.10 Å². The number of ether oxygens (including phenoxy) is 1. The molecule has 0 radical (unpaired) electrons. The van der Waals surface area contributed by atoms with Crippen LogP contribution in [-0.4, -0.2) is 30.1 Å². The van der Waals surface area contributed by atoms with Gasteiger partial charge in [-0.3, -0.25) is 9.59 Å². The van der Waals surface area contributed by atoms with E-state index in [9.17, 15) is 23.2 Å². The van der Waals surface area contributed by atoms with E-state index in [1.165, 1.54) is 0 Å². The van der Waals surface area contributed by atoms with Gasteiger partial charge < -0.3 is 10.1 Å². The average molecular weight is 311 g/mol. The summed E-state index contributed by atoms with van der Waals surface area (Å²) in [6, 6.07) is 2.64. The van der Waals surface area contributed by atoms with E-state index in [2.05, 4.69) is 20.6 Å². The fourth-order valence-electron chi connectivity index (χ4n) is 1.61. The third-order valence-electron chi connectivity index (χ3n) is 2.68. The van der Waals surface area contributed by atoms with Gasteiger partial charge in [-0.05, 0) is 12.1 Å². The zero-order valence-corrected chi connectivity index (χ0v) is 11.2. The fourth-order valence-corrected chi connectivity index (χ4v) is 1.61. The van der Waals surface area contributed by atoms with Gasteiger partial charge in [-0.25, -0.2) is 19.0 Å². The minimum atomic E-state index is -0.945. The van der Waals surface area contributed by atoms with Crippen molar-refractivity contribution in [1.82, 2.24) is 5.43 Å². The lowest BCUT2D eigenvalue weighted by molar-refractivity contribution is -0.140. The smallest absolute Gasteiger partial charge is 0.355 e. The van der Waals surface area contributed by atoms with Gasteiger partial charge in [0.25, 0.3) is 5.91 Å². The van der Waals surface area contributed by atoms with E-state index in [1.807, 2.05) is 0 Å². The lowest BCUT2D eigenvalue weighted by Gasteiger charge is -2.11. The molecule has 2 N–H and O–H groups in total. The Morgan fingerprint density at radius 1 is 1.32 bits per heavy atom. The molecule has 9 heteroatoms. The van der Waals surface area contributed by atoms with E-state index in [0.717, 1.165) is 12.1 Å². The summed E-state index contributed by atoms with van der Waals surface area (Å²) < 4.78 is 30.7. The van der Waals surface area contributed by atoms with Gasteiger partial charge in [0.15, 0.2) is 6.61 Å². The van der Waals surface area contributed by atoms with Crippen molar-refractivity contribution in [3.05, 3.63) is 29.8 Å². The van der Waals surface area contributed by atoms with E-state index in [1.54, 1.807) is 0 Å². The number of hydrogen-bond acceptors (Lipinski definition) is 5. The Kier molecular flexibility index (Phi) is 4.77. The van der Waals surface area contributed by atoms with Crippen molar-refractivity contribution in [2.24, 2.45) is 5.10 Å². The molecule has 22 heavy (non-hydrogen) atoms. The molecule has 1 aliphatic rings. The molecule has 0 atom stereocenters. The molecule has 1 heterocycles. The second-order valence-corrected chi connectivity index (χ2v) is 4.34. The van der Waals surface area contributed by atoms with Crippen LogP contribution >= 0.6 is 0 Å². The lowest BCUT2D eigenvalue weighted by Crippen LogP contribution is -2.32. The van der Waals surface area contributed by atoms with Crippen LogP contribution in [0.3, 0.4) is 0 Å². The molecule has 0 bridgehead atoms. The number of hydrogen-bond donors (Lipinski definition) is 2. The molecule has 0 aromatic heterocycles. The highest BCUT2D eigenvalue weighted by molar-refractivity contribution is 6.37. The number of nitrogens with zero attached hydrogens (tertiary/aromatic N) is 1. The number of esters is 1. The summed E-state index contributed by atoms with van der Waals surface area (Å²) in [6.07, 6.45) is 0.208. The van der Waals surface area contributed by atoms with Gasteiger partial charge in [0.1, 0.15) is 17.3 Å². The van der Waals surface area contributed by atoms with Gasteiger partial charge in [-0.15, -0.1) is 0 Å². The van der Waals surface area contributed by atoms with Crippen molar-refractivity contribution in [3.8, 4) is 0 Å². The first kappa shape index (κ1) is 15.5. The molecule has 0 fully saturated rings. The molecule has 116 valence electrons. The van der Waals surface area contributed by atoms with E-state index in [-0.39, 0.29) is 30.1 Å². The molecule has 0 spiro atoms. The Hall–Kier alpha value is -2.84. The van der Waals surface area contributed by atoms with Crippen molar-refractivity contribution < 1.29 is 27.9 Å². The zero-order valence-electron chi connectivity index (χ0n) is 11.2. The average Bonchev–Trinajstić information content (AvgIpc) is 2.48. The number of halogens is 2. The SMILES string of the molecule is O=C1CCC(C(=O)OCC(=O)Nc2ccc(F)cc2F)=NN1. The van der Waals surface area contributed by atoms with Crippen LogP contribution < -0.4 is 10.7 Å². The summed E-state index contributed by atoms with van der Waals surface area (Å²) in [4.78, 5) is 34.0. The molecule has 1 aromatic carbocycles. The molecular formula is C13H11F2N3O4. The van der Waals surface area contributed by atoms with E-state index < -0.39 is 30.1 Å². The first-order valence-corrected chi connectivity index (χ1v) is 6.23. The van der Waals surface area contributed by atoms with Gasteiger partial charge in [-0.1, -0.05) is 0 Å². The zero-order chi connectivity index (χ0) is 16.1. The second-order valence-electron chi connectivity index (χ2n) is 4.34. The number of hydrazone groups is 1. The van der Waals surface area contributed by atoms with E-state index in [4.69, 9.17) is 0 Å². The topological polar surface area (TPSA) is 96.9 Å². The van der Waals surface area contributed by atoms with Crippen molar-refractivity contribution in [2.75, 3.05) is 11.9 Å². The summed E-state index contributed by atoms with van der Waals surface area (Å²) in [6.45, 7) is -0.664. The predicted molar refractivity (Wildman–Crippen MR) is 70.8 cm³/mol. The van der Waals surface area contributed by atoms with Crippen LogP contribution in [0.2, 0.25) is 0 Å². The molecule has 1 aliphatic heterocycles. The van der Waals surface area contributed by atoms with Crippen molar-refractivity contribution >= 4 is 29.2 Å². The molecule has 0 saturated carbocycles. The van der Waals surface area contributed by atoms with E-state index in [0.29, 0.717) is 6.07 Å². The minimum Gasteiger partial charge on any atom is -0.451 e. The number of carbonyl (C=O) groups excluding carboxylic acids is 3. The molecule has 7 nitrogen and oxygen atoms in total. The first-order valence-electron chi connectivity index (χ1n) is 6.23. The third kappa shape index (κ3) is 4.08. The Labute approximate surface area is 123 Å². The summed E-state index contributed by atoms with van der Waals surface area (Å²) in [7, 11) is 0. The van der Waals surface area contributed by atoms with E-state index >= 15 is 0 Å². The van der Waals surface area contributed by atoms with Crippen LogP contribution in [0, 0.1) is 11.6 Å². The maximum atomic E-state index is 13.3. The second kappa shape index (κ2) is 6.74. The minimum absolute atomic E-state index is 0.0136. The highest BCUT2D eigenvalue weighted by Crippen LogP contribution is 2.14. The maximum absolute atomic E-state index is 13.3. The summed E-state index contributed by atoms with van der Waals surface area (Å²) in [5.41, 5.74) is 1.87. The monoisotopic (exact) mass is 311 g/mol. The van der Waals surface area contributed by atoms with Crippen LogP contribution in [0.25, 0.3) is 0 Å². The quantitative estimate of drug-likeness (QED) is 0.800. The number of benzene rings is 1. The van der Waals surface area contributed by atoms with Crippen LogP contribution in [0.5, 0.6) is 0 Å². The van der Waals surface area contributed by atoms with Crippen LogP contribution in [0.4, 0.5) is 14.5 Å². The number of carbonyl (C=O) groups is 3. The Bertz CT molecular complexity index is 661. The highest BCUT2D eigenvalue weighted by atomic mass is 19.1. The summed E-state index contributed by atoms with van der Waals surface area (Å²) in [5.74, 6) is -3.69. The Morgan fingerprint density at radius 3 is 2.73 bits per heavy atom. The molecule has 0 saturated heterocycles. The van der Waals surface area contributed by atoms with Crippen LogP contribution in [-0.2, 0) is 19.1 Å². The Balaban J connectivity index is 1.85. The molecule has 0 aliphatic carbocycles. The number of rotatable bonds is 4. The van der Waals surface area contributed by atoms with Gasteiger partial charge in [0.05, 0.1) is 5.69 Å². The Morgan fingerprint density at radius 2 is 2.09 bits per heavy atom. The first-order chi connectivity index (χ1) is 10.5. The fraction of sp³-hybridized carbons (Fsp3) is 0.231.